The lowest BCUT2D eigenvalue weighted by Crippen LogP contribution is -2.18. The van der Waals surface area contributed by atoms with Gasteiger partial charge in [0.15, 0.2) is 5.16 Å². The second kappa shape index (κ2) is 10.8. The summed E-state index contributed by atoms with van der Waals surface area (Å²) in [7, 11) is 0. The largest absolute Gasteiger partial charge is 0.326 e. The minimum absolute atomic E-state index is 0.0961. The zero-order valence-electron chi connectivity index (χ0n) is 17.0. The molecule has 0 atom stereocenters. The van der Waals surface area contributed by atoms with Gasteiger partial charge in [-0.2, -0.15) is 0 Å². The molecule has 2 N–H and O–H groups in total. The van der Waals surface area contributed by atoms with Crippen LogP contribution in [0.25, 0.3) is 0 Å². The highest BCUT2D eigenvalue weighted by Crippen LogP contribution is 2.26. The van der Waals surface area contributed by atoms with E-state index in [0.29, 0.717) is 28.2 Å². The van der Waals surface area contributed by atoms with Crippen molar-refractivity contribution in [3.8, 4) is 0 Å². The van der Waals surface area contributed by atoms with E-state index in [1.54, 1.807) is 18.2 Å². The summed E-state index contributed by atoms with van der Waals surface area (Å²) in [5, 5.41) is 15.1. The van der Waals surface area contributed by atoms with Crippen LogP contribution in [0.2, 0.25) is 5.02 Å². The van der Waals surface area contributed by atoms with Gasteiger partial charge in [-0.15, -0.1) is 10.2 Å². The molecule has 0 spiro atoms. The topological polar surface area (TPSA) is 88.9 Å². The molecule has 0 radical (unpaired) electrons. The number of amides is 2. The van der Waals surface area contributed by atoms with Crippen LogP contribution < -0.4 is 10.6 Å². The van der Waals surface area contributed by atoms with E-state index in [1.165, 1.54) is 11.8 Å². The second-order valence-corrected chi connectivity index (χ2v) is 8.90. The number of benzene rings is 2. The number of halogens is 2. The molecule has 0 fully saturated rings. The first kappa shape index (κ1) is 23.3. The zero-order valence-corrected chi connectivity index (χ0v) is 20.1. The highest BCUT2D eigenvalue weighted by Gasteiger charge is 2.16. The van der Waals surface area contributed by atoms with Crippen molar-refractivity contribution in [2.24, 2.45) is 0 Å². The number of anilines is 2. The molecule has 10 heteroatoms. The molecule has 1 heterocycles. The molecule has 2 amide bonds. The van der Waals surface area contributed by atoms with Crippen LogP contribution in [0.4, 0.5) is 11.4 Å². The molecule has 0 saturated carbocycles. The molecule has 1 aromatic heterocycles. The van der Waals surface area contributed by atoms with Crippen molar-refractivity contribution in [2.75, 3.05) is 16.4 Å². The minimum Gasteiger partial charge on any atom is -0.326 e. The number of carbonyl (C=O) groups is 2. The molecule has 31 heavy (non-hydrogen) atoms. The van der Waals surface area contributed by atoms with Crippen LogP contribution in [0.3, 0.4) is 0 Å². The number of nitrogens with one attached hydrogen (secondary N) is 2. The lowest BCUT2D eigenvalue weighted by atomic mass is 10.2. The average Bonchev–Trinajstić information content (AvgIpc) is 3.12. The maximum atomic E-state index is 12.4. The third-order valence-corrected chi connectivity index (χ3v) is 6.50. The van der Waals surface area contributed by atoms with Gasteiger partial charge in [0, 0.05) is 22.4 Å². The Kier molecular flexibility index (Phi) is 8.11. The Balaban J connectivity index is 1.57. The van der Waals surface area contributed by atoms with Crippen LogP contribution in [-0.4, -0.2) is 32.3 Å². The molecular weight excluding hydrogens is 502 g/mol. The van der Waals surface area contributed by atoms with E-state index in [0.717, 1.165) is 15.7 Å². The predicted molar refractivity (Wildman–Crippen MR) is 128 cm³/mol. The minimum atomic E-state index is -0.187. The molecule has 162 valence electrons. The maximum absolute atomic E-state index is 12.4. The summed E-state index contributed by atoms with van der Waals surface area (Å²) >= 11 is 10.6. The van der Waals surface area contributed by atoms with Gasteiger partial charge in [-0.3, -0.25) is 9.59 Å². The summed E-state index contributed by atoms with van der Waals surface area (Å²) in [5.41, 5.74) is 2.47. The van der Waals surface area contributed by atoms with Gasteiger partial charge in [-0.1, -0.05) is 41.1 Å². The number of rotatable bonds is 8. The van der Waals surface area contributed by atoms with Crippen molar-refractivity contribution in [3.63, 3.8) is 0 Å². The number of aromatic nitrogens is 3. The lowest BCUT2D eigenvalue weighted by Gasteiger charge is -2.09. The number of nitrogens with zero attached hydrogens (tertiary/aromatic N) is 3. The molecule has 7 nitrogen and oxygen atoms in total. The van der Waals surface area contributed by atoms with Crippen molar-refractivity contribution in [3.05, 3.63) is 63.3 Å². The predicted octanol–water partition coefficient (Wildman–Crippen LogP) is 4.93. The summed E-state index contributed by atoms with van der Waals surface area (Å²) in [6, 6.07) is 12.8. The summed E-state index contributed by atoms with van der Waals surface area (Å²) in [6.07, 6.45) is 0.0961. The SMILES string of the molecule is CCn1c(CC(=O)Nc2ccc(C)cc2)nnc1SCC(=O)Nc1ccc(Br)c(Cl)c1. The number of hydrogen-bond acceptors (Lipinski definition) is 5. The molecule has 3 rings (SSSR count). The fourth-order valence-corrected chi connectivity index (χ4v) is 4.01. The molecule has 0 aliphatic rings. The van der Waals surface area contributed by atoms with Crippen LogP contribution >= 0.6 is 39.3 Å². The number of thioether (sulfide) groups is 1. The van der Waals surface area contributed by atoms with Crippen molar-refractivity contribution in [1.29, 1.82) is 0 Å². The van der Waals surface area contributed by atoms with Gasteiger partial charge in [0.25, 0.3) is 0 Å². The molecule has 3 aromatic rings. The van der Waals surface area contributed by atoms with Gasteiger partial charge in [-0.05, 0) is 60.1 Å². The normalized spacial score (nSPS) is 10.7. The lowest BCUT2D eigenvalue weighted by molar-refractivity contribution is -0.116. The first-order chi connectivity index (χ1) is 14.9. The fraction of sp³-hybridized carbons (Fsp3) is 0.238. The smallest absolute Gasteiger partial charge is 0.234 e. The molecule has 0 aliphatic carbocycles. The highest BCUT2D eigenvalue weighted by atomic mass is 79.9. The quantitative estimate of drug-likeness (QED) is 0.409. The van der Waals surface area contributed by atoms with Crippen molar-refractivity contribution < 1.29 is 9.59 Å². The van der Waals surface area contributed by atoms with Gasteiger partial charge >= 0.3 is 0 Å². The van der Waals surface area contributed by atoms with Gasteiger partial charge < -0.3 is 15.2 Å². The summed E-state index contributed by atoms with van der Waals surface area (Å²) < 4.78 is 2.60. The van der Waals surface area contributed by atoms with E-state index in [9.17, 15) is 9.59 Å². The maximum Gasteiger partial charge on any atom is 0.234 e. The fourth-order valence-electron chi connectivity index (χ4n) is 2.76. The van der Waals surface area contributed by atoms with Crippen LogP contribution in [0, 0.1) is 6.92 Å². The Morgan fingerprint density at radius 2 is 1.74 bits per heavy atom. The van der Waals surface area contributed by atoms with E-state index in [-0.39, 0.29) is 24.0 Å². The van der Waals surface area contributed by atoms with E-state index < -0.39 is 0 Å². The third-order valence-electron chi connectivity index (χ3n) is 4.30. The summed E-state index contributed by atoms with van der Waals surface area (Å²) in [6.45, 7) is 4.52. The van der Waals surface area contributed by atoms with Crippen LogP contribution in [-0.2, 0) is 22.6 Å². The van der Waals surface area contributed by atoms with E-state index in [4.69, 9.17) is 11.6 Å². The standard InChI is InChI=1S/C21H21BrClN5O2S/c1-3-28-18(11-19(29)24-14-6-4-13(2)5-7-14)26-27-21(28)31-12-20(30)25-15-8-9-16(22)17(23)10-15/h4-10H,3,11-12H2,1-2H3,(H,24,29)(H,25,30). The highest BCUT2D eigenvalue weighted by molar-refractivity contribution is 9.10. The number of hydrogen-bond donors (Lipinski definition) is 2. The first-order valence-corrected chi connectivity index (χ1v) is 11.7. The molecule has 0 saturated heterocycles. The van der Waals surface area contributed by atoms with Gasteiger partial charge in [0.1, 0.15) is 5.82 Å². The van der Waals surface area contributed by atoms with Gasteiger partial charge in [0.05, 0.1) is 17.2 Å². The Morgan fingerprint density at radius 3 is 2.42 bits per heavy atom. The zero-order chi connectivity index (χ0) is 22.4. The van der Waals surface area contributed by atoms with Crippen molar-refractivity contribution in [2.45, 2.75) is 32.0 Å². The number of carbonyl (C=O) groups excluding carboxylic acids is 2. The Labute approximate surface area is 198 Å². The van der Waals surface area contributed by atoms with Gasteiger partial charge in [0.2, 0.25) is 11.8 Å². The van der Waals surface area contributed by atoms with Gasteiger partial charge in [-0.25, -0.2) is 0 Å². The molecule has 0 bridgehead atoms. The first-order valence-electron chi connectivity index (χ1n) is 9.52. The Bertz CT molecular complexity index is 1090. The molecular formula is C21H21BrClN5O2S. The van der Waals surface area contributed by atoms with Crippen LogP contribution in [0.5, 0.6) is 0 Å². The Morgan fingerprint density at radius 1 is 1.06 bits per heavy atom. The van der Waals surface area contributed by atoms with Crippen LogP contribution in [0.1, 0.15) is 18.3 Å². The van der Waals surface area contributed by atoms with E-state index in [1.807, 2.05) is 42.7 Å². The number of aryl methyl sites for hydroxylation is 1. The van der Waals surface area contributed by atoms with E-state index >= 15 is 0 Å². The molecule has 2 aromatic carbocycles. The third kappa shape index (κ3) is 6.56. The average molecular weight is 523 g/mol. The van der Waals surface area contributed by atoms with Crippen molar-refractivity contribution >= 4 is 62.5 Å². The summed E-state index contributed by atoms with van der Waals surface area (Å²) in [4.78, 5) is 24.7. The summed E-state index contributed by atoms with van der Waals surface area (Å²) in [5.74, 6) is 0.344. The van der Waals surface area contributed by atoms with Crippen molar-refractivity contribution in [1.82, 2.24) is 14.8 Å². The molecule has 0 aliphatic heterocycles. The monoisotopic (exact) mass is 521 g/mol. The van der Waals surface area contributed by atoms with Crippen LogP contribution in [0.15, 0.2) is 52.1 Å². The van der Waals surface area contributed by atoms with E-state index in [2.05, 4.69) is 36.8 Å². The second-order valence-electron chi connectivity index (χ2n) is 6.70. The molecule has 0 unspecified atom stereocenters. The Hall–Kier alpha value is -2.36.